The summed E-state index contributed by atoms with van der Waals surface area (Å²) in [5, 5.41) is 13.8. The molecule has 0 aromatic heterocycles. The number of sulfone groups is 1. The van der Waals surface area contributed by atoms with Gasteiger partial charge in [0.25, 0.3) is 5.91 Å². The Labute approximate surface area is 273 Å². The molecule has 0 bridgehead atoms. The van der Waals surface area contributed by atoms with Crippen LogP contribution in [0.25, 0.3) is 0 Å². The molecule has 1 amide bonds. The Bertz CT molecular complexity index is 2060. The van der Waals surface area contributed by atoms with Crippen LogP contribution in [0.5, 0.6) is 11.5 Å². The Kier molecular flexibility index (Phi) is 8.22. The fraction of sp³-hybridized carbons (Fsp3) is 0.229. The van der Waals surface area contributed by atoms with Gasteiger partial charge in [-0.05, 0) is 53.8 Å². The van der Waals surface area contributed by atoms with E-state index in [0.29, 0.717) is 11.0 Å². The Hall–Kier alpha value is -4.91. The number of phenolic OH excluding ortho intramolecular Hbond substituents is 1. The largest absolute Gasteiger partial charge is 0.506 e. The molecule has 0 spiro atoms. The highest BCUT2D eigenvalue weighted by atomic mass is 32.2. The molecule has 2 N–H and O–H groups in total. The third kappa shape index (κ3) is 6.10. The lowest BCUT2D eigenvalue weighted by atomic mass is 9.88. The molecule has 2 aliphatic rings. The number of anilines is 2. The Morgan fingerprint density at radius 2 is 1.69 bits per heavy atom. The second-order valence-corrected chi connectivity index (χ2v) is 14.4. The normalized spacial score (nSPS) is 18.3. The van der Waals surface area contributed by atoms with E-state index in [9.17, 15) is 35.9 Å². The highest BCUT2D eigenvalue weighted by Gasteiger charge is 2.49. The van der Waals surface area contributed by atoms with E-state index in [4.69, 9.17) is 4.74 Å². The van der Waals surface area contributed by atoms with Crippen molar-refractivity contribution in [1.29, 1.82) is 0 Å². The number of rotatable bonds is 5. The van der Waals surface area contributed by atoms with Gasteiger partial charge in [0, 0.05) is 17.3 Å². The van der Waals surface area contributed by atoms with E-state index in [1.165, 1.54) is 30.3 Å². The molecule has 0 aliphatic carbocycles. The first-order valence-corrected chi connectivity index (χ1v) is 16.4. The number of carbonyl (C=O) groups is 1. The van der Waals surface area contributed by atoms with Crippen molar-refractivity contribution in [2.75, 3.05) is 16.0 Å². The highest BCUT2D eigenvalue weighted by molar-refractivity contribution is 7.95. The van der Waals surface area contributed by atoms with Gasteiger partial charge in [-0.1, -0.05) is 56.3 Å². The first-order chi connectivity index (χ1) is 22.6. The Balaban J connectivity index is 1.60. The third-order valence-corrected chi connectivity index (χ3v) is 10.5. The molecule has 1 atom stereocenters. The number of aromatic hydroxyl groups is 1. The van der Waals surface area contributed by atoms with Gasteiger partial charge in [-0.15, -0.1) is 0 Å². The first kappa shape index (κ1) is 33.0. The summed E-state index contributed by atoms with van der Waals surface area (Å²) in [7, 11) is -4.36. The number of nitrogens with zero attached hydrogens (tertiary/aromatic N) is 1. The van der Waals surface area contributed by atoms with Crippen LogP contribution in [-0.4, -0.2) is 25.2 Å². The van der Waals surface area contributed by atoms with Crippen molar-refractivity contribution < 1.29 is 45.0 Å². The highest BCUT2D eigenvalue weighted by Crippen LogP contribution is 2.52. The zero-order chi connectivity index (χ0) is 34.6. The van der Waals surface area contributed by atoms with Crippen LogP contribution in [0.2, 0.25) is 0 Å². The molecule has 250 valence electrons. The Morgan fingerprint density at radius 3 is 2.38 bits per heavy atom. The fourth-order valence-corrected chi connectivity index (χ4v) is 8.65. The van der Waals surface area contributed by atoms with Crippen LogP contribution >= 0.6 is 0 Å². The molecule has 1 unspecified atom stereocenters. The minimum Gasteiger partial charge on any atom is -0.506 e. The molecular formula is C35H29F5N2O5S. The number of alkyl halides is 3. The van der Waals surface area contributed by atoms with Gasteiger partial charge in [0.05, 0.1) is 21.9 Å². The molecule has 2 aliphatic heterocycles. The number of fused-ring (bicyclic) bond motifs is 1. The summed E-state index contributed by atoms with van der Waals surface area (Å²) in [4.78, 5) is 14.7. The lowest BCUT2D eigenvalue weighted by Gasteiger charge is -2.37. The number of hydrogen-bond donors (Lipinski definition) is 2. The van der Waals surface area contributed by atoms with E-state index in [2.05, 4.69) is 5.32 Å². The topological polar surface area (TPSA) is 95.9 Å². The quantitative estimate of drug-likeness (QED) is 0.163. The second kappa shape index (κ2) is 12.0. The van der Waals surface area contributed by atoms with Gasteiger partial charge in [0.2, 0.25) is 0 Å². The maximum Gasteiger partial charge on any atom is 0.420 e. The zero-order valence-electron chi connectivity index (χ0n) is 25.6. The minimum absolute atomic E-state index is 0.0217. The van der Waals surface area contributed by atoms with Gasteiger partial charge >= 0.3 is 6.18 Å². The van der Waals surface area contributed by atoms with Gasteiger partial charge < -0.3 is 15.2 Å². The average Bonchev–Trinajstić information content (AvgIpc) is 3.14. The zero-order valence-corrected chi connectivity index (χ0v) is 26.4. The lowest BCUT2D eigenvalue weighted by Crippen LogP contribution is -2.42. The van der Waals surface area contributed by atoms with Gasteiger partial charge in [-0.2, -0.15) is 13.2 Å². The van der Waals surface area contributed by atoms with E-state index in [1.807, 2.05) is 6.07 Å². The monoisotopic (exact) mass is 684 g/mol. The molecule has 0 saturated carbocycles. The summed E-state index contributed by atoms with van der Waals surface area (Å²) in [5.41, 5.74) is -3.90. The van der Waals surface area contributed by atoms with Gasteiger partial charge in [-0.25, -0.2) is 17.2 Å². The number of hydrogen-bond acceptors (Lipinski definition) is 6. The van der Waals surface area contributed by atoms with Crippen molar-refractivity contribution in [3.8, 4) is 11.5 Å². The molecule has 4 aromatic carbocycles. The van der Waals surface area contributed by atoms with Gasteiger partial charge in [0.1, 0.15) is 47.0 Å². The summed E-state index contributed by atoms with van der Waals surface area (Å²) in [5.74, 6) is -5.05. The van der Waals surface area contributed by atoms with Crippen molar-refractivity contribution >= 4 is 27.1 Å². The smallest absolute Gasteiger partial charge is 0.420 e. The van der Waals surface area contributed by atoms with Gasteiger partial charge in [0.15, 0.2) is 9.84 Å². The molecule has 0 radical (unpaired) electrons. The fourth-order valence-electron chi connectivity index (χ4n) is 6.29. The average molecular weight is 685 g/mol. The standard InChI is InChI=1S/C35H29F5N2O5S/c1-34(2)17-26-32(48(45,46)19-34)31(22-15-14-21(16-25(22)37)47-18-20-8-4-3-5-9-20)42(27-12-7-13-28(43)30(27)41-26)33(44)23-10-6-11-24(36)29(23)35(38,39)40/h3-16,31,41,43H,17-19H2,1-2H3. The summed E-state index contributed by atoms with van der Waals surface area (Å²) in [6.45, 7) is 3.45. The van der Waals surface area contributed by atoms with E-state index in [0.717, 1.165) is 23.8 Å². The van der Waals surface area contributed by atoms with Crippen LogP contribution in [0.3, 0.4) is 0 Å². The second-order valence-electron chi connectivity index (χ2n) is 12.4. The van der Waals surface area contributed by atoms with Crippen LogP contribution in [0.4, 0.5) is 33.3 Å². The minimum atomic E-state index is -5.33. The molecule has 0 saturated heterocycles. The number of nitrogens with one attached hydrogen (secondary N) is 1. The van der Waals surface area contributed by atoms with Crippen LogP contribution < -0.4 is 15.0 Å². The lowest BCUT2D eigenvalue weighted by molar-refractivity contribution is -0.140. The van der Waals surface area contributed by atoms with E-state index in [1.54, 1.807) is 38.1 Å². The molecule has 0 fully saturated rings. The predicted molar refractivity (Wildman–Crippen MR) is 169 cm³/mol. The number of amides is 1. The number of para-hydroxylation sites is 1. The molecule has 4 aromatic rings. The number of carbonyl (C=O) groups excluding carboxylic acids is 1. The number of allylic oxidation sites excluding steroid dienone is 1. The SMILES string of the molecule is CC1(C)CC2=C(C(c3ccc(OCc4ccccc4)cc3F)N(C(=O)c3cccc(F)c3C(F)(F)F)c3cccc(O)c3N2)S(=O)(=O)C1. The Morgan fingerprint density at radius 1 is 0.979 bits per heavy atom. The number of benzene rings is 4. The van der Waals surface area contributed by atoms with Gasteiger partial charge in [-0.3, -0.25) is 9.69 Å². The summed E-state index contributed by atoms with van der Waals surface area (Å²) < 4.78 is 108. The molecule has 13 heteroatoms. The van der Waals surface area contributed by atoms with E-state index < -0.39 is 72.5 Å². The third-order valence-electron chi connectivity index (χ3n) is 8.19. The van der Waals surface area contributed by atoms with Crippen molar-refractivity contribution in [2.45, 2.75) is 39.1 Å². The molecule has 6 rings (SSSR count). The van der Waals surface area contributed by atoms with Crippen LogP contribution in [0.15, 0.2) is 95.5 Å². The number of ether oxygens (including phenoxy) is 1. The molecular weight excluding hydrogens is 655 g/mol. The van der Waals surface area contributed by atoms with Crippen molar-refractivity contribution in [3.63, 3.8) is 0 Å². The van der Waals surface area contributed by atoms with Crippen molar-refractivity contribution in [1.82, 2.24) is 0 Å². The molecule has 7 nitrogen and oxygen atoms in total. The summed E-state index contributed by atoms with van der Waals surface area (Å²) in [6.07, 6.45) is -5.27. The predicted octanol–water partition coefficient (Wildman–Crippen LogP) is 8.14. The van der Waals surface area contributed by atoms with Crippen LogP contribution in [0.1, 0.15) is 53.4 Å². The van der Waals surface area contributed by atoms with Crippen LogP contribution in [0, 0.1) is 17.0 Å². The first-order valence-electron chi connectivity index (χ1n) is 14.8. The van der Waals surface area contributed by atoms with E-state index in [-0.39, 0.29) is 41.4 Å². The van der Waals surface area contributed by atoms with Crippen LogP contribution in [-0.2, 0) is 22.6 Å². The summed E-state index contributed by atoms with van der Waals surface area (Å²) in [6, 6.07) is 16.7. The van der Waals surface area contributed by atoms with Crippen molar-refractivity contribution in [3.05, 3.63) is 129 Å². The number of phenols is 1. The number of halogens is 5. The maximum absolute atomic E-state index is 16.3. The molecule has 48 heavy (non-hydrogen) atoms. The molecule has 2 heterocycles. The maximum atomic E-state index is 16.3. The van der Waals surface area contributed by atoms with E-state index >= 15 is 4.39 Å². The van der Waals surface area contributed by atoms with Crippen molar-refractivity contribution in [2.24, 2.45) is 5.41 Å². The summed E-state index contributed by atoms with van der Waals surface area (Å²) >= 11 is 0.